The van der Waals surface area contributed by atoms with E-state index in [2.05, 4.69) is 61.2 Å². The van der Waals surface area contributed by atoms with Crippen LogP contribution in [0.5, 0.6) is 0 Å². The molecule has 0 spiro atoms. The highest BCUT2D eigenvalue weighted by molar-refractivity contribution is 5.25. The van der Waals surface area contributed by atoms with E-state index in [4.69, 9.17) is 0 Å². The average molecular weight is 238 g/mol. The second-order valence-corrected chi connectivity index (χ2v) is 5.62. The van der Waals surface area contributed by atoms with Gasteiger partial charge in [-0.05, 0) is 33.5 Å². The normalized spacial score (nSPS) is 22.7. The largest absolute Gasteiger partial charge is 0.301 e. The van der Waals surface area contributed by atoms with Crippen molar-refractivity contribution in [2.75, 3.05) is 20.1 Å². The number of hydrogen-bond donors (Lipinski definition) is 2. The first kappa shape index (κ1) is 14.4. The number of hydrazine groups is 1. The molecule has 4 nitrogen and oxygen atoms in total. The molecule has 0 radical (unpaired) electrons. The van der Waals surface area contributed by atoms with Gasteiger partial charge in [-0.25, -0.2) is 10.4 Å². The summed E-state index contributed by atoms with van der Waals surface area (Å²) in [4.78, 5) is 4.16. The first-order valence-electron chi connectivity index (χ1n) is 6.25. The lowest BCUT2D eigenvalue weighted by Crippen LogP contribution is -2.56. The maximum Gasteiger partial charge on any atom is 0.0896 e. The van der Waals surface area contributed by atoms with E-state index in [0.29, 0.717) is 5.92 Å². The molecule has 1 heterocycles. The Morgan fingerprint density at radius 3 is 2.76 bits per heavy atom. The van der Waals surface area contributed by atoms with Crippen molar-refractivity contribution in [1.29, 1.82) is 0 Å². The van der Waals surface area contributed by atoms with Crippen molar-refractivity contribution in [1.82, 2.24) is 15.8 Å². The zero-order valence-electron chi connectivity index (χ0n) is 11.7. The van der Waals surface area contributed by atoms with Gasteiger partial charge < -0.3 is 5.32 Å². The van der Waals surface area contributed by atoms with Gasteiger partial charge in [0.15, 0.2) is 0 Å². The topological polar surface area (TPSA) is 39.7 Å². The van der Waals surface area contributed by atoms with E-state index < -0.39 is 0 Å². The van der Waals surface area contributed by atoms with Gasteiger partial charge in [0, 0.05) is 13.1 Å². The average Bonchev–Trinajstić information content (AvgIpc) is 2.28. The molecule has 0 bridgehead atoms. The van der Waals surface area contributed by atoms with Crippen LogP contribution in [-0.2, 0) is 0 Å². The van der Waals surface area contributed by atoms with Crippen LogP contribution in [-0.4, -0.2) is 43.6 Å². The fraction of sp³-hybridized carbons (Fsp3) is 0.769. The van der Waals surface area contributed by atoms with Crippen LogP contribution in [0.3, 0.4) is 0 Å². The van der Waals surface area contributed by atoms with Crippen molar-refractivity contribution in [3.05, 3.63) is 11.6 Å². The summed E-state index contributed by atoms with van der Waals surface area (Å²) in [5.74, 6) is 0.579. The SMILES string of the molecule is C=NC(C)(C)CN1CC(C(C)C)=CC(NC)N1. The maximum atomic E-state index is 4.16. The zero-order valence-corrected chi connectivity index (χ0v) is 11.7. The summed E-state index contributed by atoms with van der Waals surface area (Å²) in [6, 6.07) is 0. The van der Waals surface area contributed by atoms with Crippen LogP contribution < -0.4 is 10.7 Å². The summed E-state index contributed by atoms with van der Waals surface area (Å²) in [5.41, 5.74) is 4.78. The highest BCUT2D eigenvalue weighted by Gasteiger charge is 2.25. The van der Waals surface area contributed by atoms with Gasteiger partial charge in [-0.1, -0.05) is 25.5 Å². The lowest BCUT2D eigenvalue weighted by Gasteiger charge is -2.37. The molecule has 0 fully saturated rings. The van der Waals surface area contributed by atoms with Gasteiger partial charge in [-0.3, -0.25) is 4.99 Å². The summed E-state index contributed by atoms with van der Waals surface area (Å²) in [6.07, 6.45) is 2.48. The lowest BCUT2D eigenvalue weighted by molar-refractivity contribution is 0.131. The molecule has 0 saturated heterocycles. The third-order valence-corrected chi connectivity index (χ3v) is 3.13. The number of likely N-dealkylation sites (N-methyl/N-ethyl adjacent to an activating group) is 1. The molecule has 2 N–H and O–H groups in total. The van der Waals surface area contributed by atoms with Gasteiger partial charge in [0.1, 0.15) is 0 Å². The minimum absolute atomic E-state index is 0.120. The Balaban J connectivity index is 2.71. The fourth-order valence-electron chi connectivity index (χ4n) is 1.91. The molecule has 0 aromatic carbocycles. The molecule has 1 aliphatic heterocycles. The molecule has 1 rings (SSSR count). The number of nitrogens with one attached hydrogen (secondary N) is 2. The molecule has 0 saturated carbocycles. The van der Waals surface area contributed by atoms with Gasteiger partial charge in [0.2, 0.25) is 0 Å². The molecular weight excluding hydrogens is 212 g/mol. The quantitative estimate of drug-likeness (QED) is 0.562. The highest BCUT2D eigenvalue weighted by atomic mass is 15.5. The van der Waals surface area contributed by atoms with Gasteiger partial charge in [-0.15, -0.1) is 0 Å². The van der Waals surface area contributed by atoms with Crippen LogP contribution in [0.4, 0.5) is 0 Å². The van der Waals surface area contributed by atoms with Crippen LogP contribution in [0.2, 0.25) is 0 Å². The number of aliphatic imine (C=N–C) groups is 1. The second kappa shape index (κ2) is 5.76. The standard InChI is InChI=1S/C13H26N4/c1-10(2)11-7-12(14-5)16-17(8-11)9-13(3,4)15-6/h7,10,12,14,16H,6,8-9H2,1-5H3. The summed E-state index contributed by atoms with van der Waals surface area (Å²) in [5, 5.41) is 5.47. The minimum atomic E-state index is -0.120. The predicted molar refractivity (Wildman–Crippen MR) is 74.1 cm³/mol. The number of hydrogen-bond acceptors (Lipinski definition) is 4. The Labute approximate surface area is 105 Å². The van der Waals surface area contributed by atoms with Crippen molar-refractivity contribution < 1.29 is 0 Å². The molecular formula is C13H26N4. The van der Waals surface area contributed by atoms with Crippen LogP contribution in [0.25, 0.3) is 0 Å². The molecule has 1 unspecified atom stereocenters. The maximum absolute atomic E-state index is 4.16. The van der Waals surface area contributed by atoms with E-state index in [-0.39, 0.29) is 11.7 Å². The molecule has 1 atom stereocenters. The van der Waals surface area contributed by atoms with Crippen molar-refractivity contribution >= 4 is 6.72 Å². The zero-order chi connectivity index (χ0) is 13.1. The summed E-state index contributed by atoms with van der Waals surface area (Å²) in [7, 11) is 1.96. The van der Waals surface area contributed by atoms with Crippen LogP contribution in [0.1, 0.15) is 27.7 Å². The Morgan fingerprint density at radius 2 is 2.29 bits per heavy atom. The van der Waals surface area contributed by atoms with E-state index in [9.17, 15) is 0 Å². The third-order valence-electron chi connectivity index (χ3n) is 3.13. The Kier molecular flexibility index (Phi) is 4.86. The predicted octanol–water partition coefficient (Wildman–Crippen LogP) is 1.41. The first-order chi connectivity index (χ1) is 7.88. The molecule has 1 aliphatic rings. The number of nitrogens with zero attached hydrogens (tertiary/aromatic N) is 2. The molecule has 4 heteroatoms. The number of rotatable bonds is 5. The van der Waals surface area contributed by atoms with E-state index in [1.807, 2.05) is 7.05 Å². The molecule has 17 heavy (non-hydrogen) atoms. The van der Waals surface area contributed by atoms with Crippen molar-refractivity contribution in [3.8, 4) is 0 Å². The Morgan fingerprint density at radius 1 is 1.65 bits per heavy atom. The summed E-state index contributed by atoms with van der Waals surface area (Å²) in [6.45, 7) is 14.1. The van der Waals surface area contributed by atoms with Gasteiger partial charge in [-0.2, -0.15) is 0 Å². The van der Waals surface area contributed by atoms with E-state index in [1.165, 1.54) is 5.57 Å². The lowest BCUT2D eigenvalue weighted by atomic mass is 9.99. The fourth-order valence-corrected chi connectivity index (χ4v) is 1.91. The van der Waals surface area contributed by atoms with Gasteiger partial charge >= 0.3 is 0 Å². The smallest absolute Gasteiger partial charge is 0.0896 e. The van der Waals surface area contributed by atoms with Crippen LogP contribution in [0.15, 0.2) is 16.6 Å². The second-order valence-electron chi connectivity index (χ2n) is 5.62. The van der Waals surface area contributed by atoms with Gasteiger partial charge in [0.05, 0.1) is 11.7 Å². The van der Waals surface area contributed by atoms with Crippen molar-refractivity contribution in [2.45, 2.75) is 39.4 Å². The highest BCUT2D eigenvalue weighted by Crippen LogP contribution is 2.18. The molecule has 0 amide bonds. The van der Waals surface area contributed by atoms with E-state index in [1.54, 1.807) is 0 Å². The molecule has 98 valence electrons. The molecule has 0 aliphatic carbocycles. The van der Waals surface area contributed by atoms with E-state index in [0.717, 1.165) is 13.1 Å². The van der Waals surface area contributed by atoms with Gasteiger partial charge in [0.25, 0.3) is 0 Å². The van der Waals surface area contributed by atoms with Crippen molar-refractivity contribution in [2.24, 2.45) is 10.9 Å². The molecule has 0 aromatic heterocycles. The van der Waals surface area contributed by atoms with Crippen LogP contribution >= 0.6 is 0 Å². The van der Waals surface area contributed by atoms with E-state index >= 15 is 0 Å². The third kappa shape index (κ3) is 4.22. The van der Waals surface area contributed by atoms with Crippen LogP contribution in [0, 0.1) is 5.92 Å². The summed E-state index contributed by atoms with van der Waals surface area (Å²) >= 11 is 0. The molecule has 0 aromatic rings. The van der Waals surface area contributed by atoms with Crippen molar-refractivity contribution in [3.63, 3.8) is 0 Å². The Bertz CT molecular complexity index is 294. The first-order valence-corrected chi connectivity index (χ1v) is 6.25. The monoisotopic (exact) mass is 238 g/mol. The Hall–Kier alpha value is -0.710. The summed E-state index contributed by atoms with van der Waals surface area (Å²) < 4.78 is 0. The minimum Gasteiger partial charge on any atom is -0.301 e.